The third-order valence-corrected chi connectivity index (χ3v) is 2.75. The van der Waals surface area contributed by atoms with Gasteiger partial charge < -0.3 is 14.8 Å². The third kappa shape index (κ3) is 3.13. The number of hydrogen-bond donors (Lipinski definition) is 2. The van der Waals surface area contributed by atoms with Crippen LogP contribution in [-0.2, 0) is 13.0 Å². The van der Waals surface area contributed by atoms with E-state index in [4.69, 9.17) is 4.42 Å². The van der Waals surface area contributed by atoms with E-state index in [9.17, 15) is 9.90 Å². The molecule has 5 nitrogen and oxygen atoms in total. The van der Waals surface area contributed by atoms with Gasteiger partial charge in [-0.05, 0) is 19.1 Å². The number of benzene rings is 1. The second kappa shape index (κ2) is 5.56. The first-order chi connectivity index (χ1) is 9.10. The van der Waals surface area contributed by atoms with E-state index in [1.54, 1.807) is 18.3 Å². The summed E-state index contributed by atoms with van der Waals surface area (Å²) in [7, 11) is 0. The van der Waals surface area contributed by atoms with Crippen LogP contribution in [0, 0.1) is 6.92 Å². The lowest BCUT2D eigenvalue weighted by Crippen LogP contribution is -2.23. The van der Waals surface area contributed by atoms with Crippen molar-refractivity contribution in [3.8, 4) is 5.75 Å². The van der Waals surface area contributed by atoms with Crippen LogP contribution in [0.15, 0.2) is 28.8 Å². The van der Waals surface area contributed by atoms with Crippen LogP contribution in [0.3, 0.4) is 0 Å². The molecule has 100 valence electrons. The predicted octanol–water partition coefficient (Wildman–Crippen LogP) is 2.18. The van der Waals surface area contributed by atoms with Gasteiger partial charge in [-0.3, -0.25) is 4.79 Å². The molecule has 0 aliphatic carbocycles. The smallest absolute Gasteiger partial charge is 0.255 e. The number of aromatic nitrogens is 1. The number of nitrogens with one attached hydrogen (secondary N) is 1. The number of phenols is 1. The summed E-state index contributed by atoms with van der Waals surface area (Å²) in [5.41, 5.74) is 1.16. The molecule has 0 aliphatic rings. The molecule has 2 rings (SSSR count). The van der Waals surface area contributed by atoms with Gasteiger partial charge in [0.2, 0.25) is 5.89 Å². The summed E-state index contributed by atoms with van der Waals surface area (Å²) in [6, 6.07) is 4.88. The fraction of sp³-hybridized carbons (Fsp3) is 0.286. The van der Waals surface area contributed by atoms with Crippen LogP contribution in [-0.4, -0.2) is 16.0 Å². The maximum atomic E-state index is 11.9. The number of nitrogens with zero attached hydrogens (tertiary/aromatic N) is 1. The third-order valence-electron chi connectivity index (χ3n) is 2.75. The number of phenolic OH excluding ortho intramolecular Hbond substituents is 1. The molecule has 0 aliphatic heterocycles. The van der Waals surface area contributed by atoms with Crippen molar-refractivity contribution in [2.75, 3.05) is 0 Å². The number of hydrogen-bond acceptors (Lipinski definition) is 4. The predicted molar refractivity (Wildman–Crippen MR) is 69.9 cm³/mol. The van der Waals surface area contributed by atoms with Gasteiger partial charge in [0.25, 0.3) is 5.91 Å². The van der Waals surface area contributed by atoms with Crippen molar-refractivity contribution in [1.29, 1.82) is 0 Å². The molecule has 5 heteroatoms. The Morgan fingerprint density at radius 3 is 2.95 bits per heavy atom. The zero-order valence-corrected chi connectivity index (χ0v) is 10.9. The Balaban J connectivity index is 2.03. The van der Waals surface area contributed by atoms with Crippen molar-refractivity contribution >= 4 is 5.91 Å². The second-order valence-corrected chi connectivity index (χ2v) is 4.28. The van der Waals surface area contributed by atoms with Crippen molar-refractivity contribution in [1.82, 2.24) is 10.3 Å². The SMILES string of the molecule is CCc1cnc(CNC(=O)c2cc(C)ccc2O)o1. The molecule has 0 radical (unpaired) electrons. The van der Waals surface area contributed by atoms with E-state index in [0.717, 1.165) is 17.7 Å². The summed E-state index contributed by atoms with van der Waals surface area (Å²) in [4.78, 5) is 16.0. The average molecular weight is 260 g/mol. The van der Waals surface area contributed by atoms with E-state index in [-0.39, 0.29) is 23.8 Å². The van der Waals surface area contributed by atoms with Gasteiger partial charge in [-0.15, -0.1) is 0 Å². The molecule has 1 aromatic heterocycles. The summed E-state index contributed by atoms with van der Waals surface area (Å²) in [5, 5.41) is 12.3. The fourth-order valence-corrected chi connectivity index (χ4v) is 1.68. The number of rotatable bonds is 4. The highest BCUT2D eigenvalue weighted by atomic mass is 16.4. The van der Waals surface area contributed by atoms with Crippen LogP contribution < -0.4 is 5.32 Å². The van der Waals surface area contributed by atoms with Crippen molar-refractivity contribution in [3.63, 3.8) is 0 Å². The molecule has 0 unspecified atom stereocenters. The van der Waals surface area contributed by atoms with Crippen molar-refractivity contribution in [2.24, 2.45) is 0 Å². The molecule has 19 heavy (non-hydrogen) atoms. The highest BCUT2D eigenvalue weighted by molar-refractivity contribution is 5.96. The molecule has 0 bridgehead atoms. The lowest BCUT2D eigenvalue weighted by molar-refractivity contribution is 0.0944. The first kappa shape index (κ1) is 13.1. The highest BCUT2D eigenvalue weighted by Crippen LogP contribution is 2.18. The first-order valence-corrected chi connectivity index (χ1v) is 6.11. The standard InChI is InChI=1S/C14H16N2O3/c1-3-10-7-15-13(19-10)8-16-14(18)11-6-9(2)4-5-12(11)17/h4-7,17H,3,8H2,1-2H3,(H,16,18). The van der Waals surface area contributed by atoms with E-state index in [2.05, 4.69) is 10.3 Å². The minimum Gasteiger partial charge on any atom is -0.507 e. The lowest BCUT2D eigenvalue weighted by atomic mass is 10.1. The summed E-state index contributed by atoms with van der Waals surface area (Å²) < 4.78 is 5.38. The maximum absolute atomic E-state index is 11.9. The second-order valence-electron chi connectivity index (χ2n) is 4.28. The Labute approximate surface area is 111 Å². The molecular formula is C14H16N2O3. The Morgan fingerprint density at radius 1 is 1.47 bits per heavy atom. The Hall–Kier alpha value is -2.30. The molecule has 1 heterocycles. The van der Waals surface area contributed by atoms with Crippen LogP contribution in [0.2, 0.25) is 0 Å². The number of amides is 1. The highest BCUT2D eigenvalue weighted by Gasteiger charge is 2.12. The van der Waals surface area contributed by atoms with E-state index >= 15 is 0 Å². The van der Waals surface area contributed by atoms with Gasteiger partial charge >= 0.3 is 0 Å². The minimum atomic E-state index is -0.350. The van der Waals surface area contributed by atoms with Crippen LogP contribution >= 0.6 is 0 Å². The zero-order valence-electron chi connectivity index (χ0n) is 10.9. The topological polar surface area (TPSA) is 75.4 Å². The minimum absolute atomic E-state index is 0.0373. The molecular weight excluding hydrogens is 244 g/mol. The largest absolute Gasteiger partial charge is 0.507 e. The molecule has 2 N–H and O–H groups in total. The molecule has 0 atom stereocenters. The lowest BCUT2D eigenvalue weighted by Gasteiger charge is -2.06. The summed E-state index contributed by atoms with van der Waals surface area (Å²) in [5.74, 6) is 0.849. The molecule has 1 amide bonds. The van der Waals surface area contributed by atoms with E-state index in [1.807, 2.05) is 13.8 Å². The van der Waals surface area contributed by atoms with Gasteiger partial charge in [-0.25, -0.2) is 4.98 Å². The number of oxazole rings is 1. The van der Waals surface area contributed by atoms with Crippen LogP contribution in [0.5, 0.6) is 5.75 Å². The van der Waals surface area contributed by atoms with Gasteiger partial charge in [-0.2, -0.15) is 0 Å². The molecule has 0 fully saturated rings. The van der Waals surface area contributed by atoms with E-state index in [0.29, 0.717) is 5.89 Å². The number of carbonyl (C=O) groups is 1. The maximum Gasteiger partial charge on any atom is 0.255 e. The Kier molecular flexibility index (Phi) is 3.85. The van der Waals surface area contributed by atoms with Crippen molar-refractivity contribution < 1.29 is 14.3 Å². The zero-order chi connectivity index (χ0) is 13.8. The van der Waals surface area contributed by atoms with E-state index in [1.165, 1.54) is 6.07 Å². The van der Waals surface area contributed by atoms with Crippen molar-refractivity contribution in [3.05, 3.63) is 47.2 Å². The normalized spacial score (nSPS) is 10.4. The monoisotopic (exact) mass is 260 g/mol. The number of aromatic hydroxyl groups is 1. The average Bonchev–Trinajstić information content (AvgIpc) is 2.87. The molecule has 1 aromatic carbocycles. The van der Waals surface area contributed by atoms with Gasteiger partial charge in [0.05, 0.1) is 18.3 Å². The van der Waals surface area contributed by atoms with Crippen LogP contribution in [0.4, 0.5) is 0 Å². The Bertz CT molecular complexity index is 590. The summed E-state index contributed by atoms with van der Waals surface area (Å²) in [6.45, 7) is 4.03. The Morgan fingerprint density at radius 2 is 2.26 bits per heavy atom. The molecule has 0 saturated carbocycles. The van der Waals surface area contributed by atoms with E-state index < -0.39 is 0 Å². The molecule has 2 aromatic rings. The number of carbonyl (C=O) groups excluding carboxylic acids is 1. The van der Waals surface area contributed by atoms with Crippen LogP contribution in [0.25, 0.3) is 0 Å². The quantitative estimate of drug-likeness (QED) is 0.883. The first-order valence-electron chi connectivity index (χ1n) is 6.11. The number of aryl methyl sites for hydroxylation is 2. The molecule has 0 saturated heterocycles. The summed E-state index contributed by atoms with van der Waals surface area (Å²) in [6.07, 6.45) is 2.41. The fourth-order valence-electron chi connectivity index (χ4n) is 1.68. The van der Waals surface area contributed by atoms with Gasteiger partial charge in [0, 0.05) is 6.42 Å². The van der Waals surface area contributed by atoms with Gasteiger partial charge in [-0.1, -0.05) is 18.6 Å². The molecule has 0 spiro atoms. The van der Waals surface area contributed by atoms with Gasteiger partial charge in [0.1, 0.15) is 11.5 Å². The van der Waals surface area contributed by atoms with Crippen molar-refractivity contribution in [2.45, 2.75) is 26.8 Å². The van der Waals surface area contributed by atoms with Crippen LogP contribution in [0.1, 0.15) is 34.5 Å². The summed E-state index contributed by atoms with van der Waals surface area (Å²) >= 11 is 0. The van der Waals surface area contributed by atoms with Gasteiger partial charge in [0.15, 0.2) is 0 Å².